The Morgan fingerprint density at radius 3 is 3.17 bits per heavy atom. The topological polar surface area (TPSA) is 36.3 Å². The second kappa shape index (κ2) is 4.25. The molecule has 0 saturated carbocycles. The maximum Gasteiger partial charge on any atom is 0.0812 e. The fraction of sp³-hybridized carbons (Fsp3) is 0.500. The third-order valence-electron chi connectivity index (χ3n) is 4.03. The number of hydrogen-bond acceptors (Lipinski definition) is 3. The summed E-state index contributed by atoms with van der Waals surface area (Å²) in [5, 5.41) is 9.53. The second-order valence-electron chi connectivity index (χ2n) is 5.26. The average Bonchev–Trinajstić information content (AvgIpc) is 2.40. The standard InChI is InChI=1S/C14H15BrN2O/c1-14(9-16)7-10-2-3-11(15)6-12(10)17-4-5-18-8-13(14)17/h2-3,6,13H,4-5,7-8H2,1H3/t13-,14+/m0/s1. The number of fused-ring (bicyclic) bond motifs is 3. The van der Waals surface area contributed by atoms with Crippen LogP contribution < -0.4 is 4.90 Å². The van der Waals surface area contributed by atoms with E-state index in [-0.39, 0.29) is 11.5 Å². The number of nitrogens with zero attached hydrogens (tertiary/aromatic N) is 2. The highest BCUT2D eigenvalue weighted by Gasteiger charge is 2.45. The lowest BCUT2D eigenvalue weighted by molar-refractivity contribution is 0.0599. The van der Waals surface area contributed by atoms with E-state index in [1.54, 1.807) is 0 Å². The number of hydrogen-bond donors (Lipinski definition) is 0. The second-order valence-corrected chi connectivity index (χ2v) is 6.18. The molecule has 2 atom stereocenters. The molecular weight excluding hydrogens is 292 g/mol. The van der Waals surface area contributed by atoms with Crippen LogP contribution in [0, 0.1) is 16.7 Å². The summed E-state index contributed by atoms with van der Waals surface area (Å²) in [5.41, 5.74) is 2.16. The molecule has 0 bridgehead atoms. The van der Waals surface area contributed by atoms with E-state index in [0.717, 1.165) is 24.0 Å². The van der Waals surface area contributed by atoms with E-state index in [2.05, 4.69) is 45.1 Å². The van der Waals surface area contributed by atoms with Crippen molar-refractivity contribution in [1.82, 2.24) is 0 Å². The molecule has 1 aromatic rings. The predicted molar refractivity (Wildman–Crippen MR) is 73.5 cm³/mol. The number of halogens is 1. The molecule has 0 N–H and O–H groups in total. The Labute approximate surface area is 115 Å². The summed E-state index contributed by atoms with van der Waals surface area (Å²) in [6.07, 6.45) is 0.802. The maximum absolute atomic E-state index is 9.53. The molecule has 2 heterocycles. The van der Waals surface area contributed by atoms with Gasteiger partial charge in [-0.15, -0.1) is 0 Å². The summed E-state index contributed by atoms with van der Waals surface area (Å²) in [4.78, 5) is 2.34. The quantitative estimate of drug-likeness (QED) is 0.739. The van der Waals surface area contributed by atoms with Crippen LogP contribution in [0.2, 0.25) is 0 Å². The molecule has 94 valence electrons. The van der Waals surface area contributed by atoms with Crippen molar-refractivity contribution in [3.05, 3.63) is 28.2 Å². The van der Waals surface area contributed by atoms with Crippen LogP contribution in [0.5, 0.6) is 0 Å². The van der Waals surface area contributed by atoms with Gasteiger partial charge in [0, 0.05) is 16.7 Å². The monoisotopic (exact) mass is 306 g/mol. The van der Waals surface area contributed by atoms with Crippen molar-refractivity contribution < 1.29 is 4.74 Å². The number of morpholine rings is 1. The number of benzene rings is 1. The van der Waals surface area contributed by atoms with Gasteiger partial charge in [-0.2, -0.15) is 5.26 Å². The highest BCUT2D eigenvalue weighted by molar-refractivity contribution is 9.10. The molecule has 0 unspecified atom stereocenters. The van der Waals surface area contributed by atoms with Crippen molar-refractivity contribution in [2.45, 2.75) is 19.4 Å². The summed E-state index contributed by atoms with van der Waals surface area (Å²) < 4.78 is 6.67. The highest BCUT2D eigenvalue weighted by Crippen LogP contribution is 2.42. The fourth-order valence-electron chi connectivity index (χ4n) is 3.00. The number of anilines is 1. The van der Waals surface area contributed by atoms with E-state index in [4.69, 9.17) is 4.74 Å². The van der Waals surface area contributed by atoms with Gasteiger partial charge in [0.1, 0.15) is 0 Å². The van der Waals surface area contributed by atoms with Gasteiger partial charge < -0.3 is 9.64 Å². The Bertz CT molecular complexity index is 525. The molecular formula is C14H15BrN2O. The Kier molecular flexibility index (Phi) is 2.84. The van der Waals surface area contributed by atoms with Gasteiger partial charge >= 0.3 is 0 Å². The summed E-state index contributed by atoms with van der Waals surface area (Å²) in [7, 11) is 0. The minimum atomic E-state index is -0.360. The fourth-order valence-corrected chi connectivity index (χ4v) is 3.35. The summed E-state index contributed by atoms with van der Waals surface area (Å²) in [5.74, 6) is 0. The van der Waals surface area contributed by atoms with E-state index in [1.165, 1.54) is 11.3 Å². The molecule has 1 fully saturated rings. The molecule has 2 aliphatic heterocycles. The van der Waals surface area contributed by atoms with Gasteiger partial charge in [-0.3, -0.25) is 0 Å². The first-order valence-corrected chi connectivity index (χ1v) is 6.97. The van der Waals surface area contributed by atoms with E-state index in [9.17, 15) is 5.26 Å². The van der Waals surface area contributed by atoms with E-state index in [1.807, 2.05) is 6.92 Å². The molecule has 1 aromatic carbocycles. The van der Waals surface area contributed by atoms with Crippen molar-refractivity contribution in [2.75, 3.05) is 24.7 Å². The third kappa shape index (κ3) is 1.73. The van der Waals surface area contributed by atoms with Crippen LogP contribution in [-0.2, 0) is 11.2 Å². The first-order chi connectivity index (χ1) is 8.64. The van der Waals surface area contributed by atoms with Gasteiger partial charge in [0.2, 0.25) is 0 Å². The lowest BCUT2D eigenvalue weighted by Gasteiger charge is -2.48. The summed E-state index contributed by atoms with van der Waals surface area (Å²) in [6, 6.07) is 9.00. The van der Waals surface area contributed by atoms with Crippen LogP contribution in [0.15, 0.2) is 22.7 Å². The van der Waals surface area contributed by atoms with Crippen LogP contribution in [0.4, 0.5) is 5.69 Å². The van der Waals surface area contributed by atoms with Gasteiger partial charge in [-0.25, -0.2) is 0 Å². The van der Waals surface area contributed by atoms with Gasteiger partial charge in [-0.1, -0.05) is 22.0 Å². The van der Waals surface area contributed by atoms with Crippen molar-refractivity contribution in [2.24, 2.45) is 5.41 Å². The minimum absolute atomic E-state index is 0.165. The zero-order valence-corrected chi connectivity index (χ0v) is 11.9. The normalized spacial score (nSPS) is 30.3. The molecule has 1 saturated heterocycles. The number of nitriles is 1. The van der Waals surface area contributed by atoms with Crippen molar-refractivity contribution in [3.8, 4) is 6.07 Å². The largest absolute Gasteiger partial charge is 0.377 e. The van der Waals surface area contributed by atoms with Crippen LogP contribution in [0.3, 0.4) is 0 Å². The molecule has 3 rings (SSSR count). The van der Waals surface area contributed by atoms with Crippen molar-refractivity contribution in [1.29, 1.82) is 5.26 Å². The lowest BCUT2D eigenvalue weighted by Crippen LogP contribution is -2.57. The third-order valence-corrected chi connectivity index (χ3v) is 4.53. The molecule has 0 aromatic heterocycles. The molecule has 18 heavy (non-hydrogen) atoms. The van der Waals surface area contributed by atoms with E-state index in [0.29, 0.717) is 6.61 Å². The average molecular weight is 307 g/mol. The first-order valence-electron chi connectivity index (χ1n) is 6.18. The molecule has 0 amide bonds. The highest BCUT2D eigenvalue weighted by atomic mass is 79.9. The lowest BCUT2D eigenvalue weighted by atomic mass is 9.73. The number of ether oxygens (including phenoxy) is 1. The molecule has 4 heteroatoms. The number of rotatable bonds is 0. The van der Waals surface area contributed by atoms with Crippen LogP contribution in [-0.4, -0.2) is 25.8 Å². The molecule has 0 aliphatic carbocycles. The zero-order chi connectivity index (χ0) is 12.8. The van der Waals surface area contributed by atoms with Crippen molar-refractivity contribution in [3.63, 3.8) is 0 Å². The van der Waals surface area contributed by atoms with Crippen LogP contribution >= 0.6 is 15.9 Å². The van der Waals surface area contributed by atoms with Crippen molar-refractivity contribution >= 4 is 21.6 Å². The summed E-state index contributed by atoms with van der Waals surface area (Å²) in [6.45, 7) is 4.30. The SMILES string of the molecule is C[C@]1(C#N)Cc2ccc(Br)cc2N2CCOC[C@H]21. The minimum Gasteiger partial charge on any atom is -0.377 e. The smallest absolute Gasteiger partial charge is 0.0812 e. The Morgan fingerprint density at radius 1 is 1.56 bits per heavy atom. The van der Waals surface area contributed by atoms with Gasteiger partial charge in [0.25, 0.3) is 0 Å². The summed E-state index contributed by atoms with van der Waals surface area (Å²) >= 11 is 3.53. The zero-order valence-electron chi connectivity index (χ0n) is 10.3. The Morgan fingerprint density at radius 2 is 2.39 bits per heavy atom. The van der Waals surface area contributed by atoms with Gasteiger partial charge in [0.15, 0.2) is 0 Å². The molecule has 0 radical (unpaired) electrons. The molecule has 0 spiro atoms. The van der Waals surface area contributed by atoms with Crippen LogP contribution in [0.1, 0.15) is 12.5 Å². The first kappa shape index (κ1) is 12.0. The van der Waals surface area contributed by atoms with E-state index < -0.39 is 0 Å². The Hall–Kier alpha value is -1.05. The van der Waals surface area contributed by atoms with Gasteiger partial charge in [-0.05, 0) is 31.0 Å². The van der Waals surface area contributed by atoms with Gasteiger partial charge in [0.05, 0.1) is 30.7 Å². The van der Waals surface area contributed by atoms with Crippen LogP contribution in [0.25, 0.3) is 0 Å². The predicted octanol–water partition coefficient (Wildman–Crippen LogP) is 2.74. The maximum atomic E-state index is 9.53. The molecule has 2 aliphatic rings. The van der Waals surface area contributed by atoms with E-state index >= 15 is 0 Å². The Balaban J connectivity index is 2.12. The molecule has 3 nitrogen and oxygen atoms in total.